The summed E-state index contributed by atoms with van der Waals surface area (Å²) >= 11 is 1.98. The van der Waals surface area contributed by atoms with Gasteiger partial charge in [-0.05, 0) is 55.2 Å². The molecule has 1 aliphatic carbocycles. The number of aromatic nitrogens is 5. The van der Waals surface area contributed by atoms with Gasteiger partial charge in [-0.15, -0.1) is 0 Å². The predicted octanol–water partition coefficient (Wildman–Crippen LogP) is 3.81. The molecule has 192 valence electrons. The molecule has 1 aliphatic heterocycles. The van der Waals surface area contributed by atoms with Gasteiger partial charge in [0.25, 0.3) is 5.91 Å². The van der Waals surface area contributed by atoms with E-state index in [9.17, 15) is 9.59 Å². The number of nitrogen functional groups attached to an aromatic ring is 1. The second-order valence-corrected chi connectivity index (χ2v) is 10.4. The quantitative estimate of drug-likeness (QED) is 0.196. The minimum Gasteiger partial charge on any atom is -0.383 e. The highest BCUT2D eigenvalue weighted by Crippen LogP contribution is 2.46. The first-order valence-corrected chi connectivity index (χ1v) is 13.1. The summed E-state index contributed by atoms with van der Waals surface area (Å²) in [6.45, 7) is 4.31. The minimum absolute atomic E-state index is 0.0715. The molecule has 2 bridgehead atoms. The fraction of sp³-hybridized carbons (Fsp3) is 0.231. The molecule has 4 aromatic rings. The Morgan fingerprint density at radius 2 is 2.00 bits per heavy atom. The van der Waals surface area contributed by atoms with Crippen LogP contribution in [0.5, 0.6) is 0 Å². The zero-order valence-corrected chi connectivity index (χ0v) is 22.2. The van der Waals surface area contributed by atoms with E-state index >= 15 is 4.39 Å². The lowest BCUT2D eigenvalue weighted by atomic mass is 10.1. The number of nitrogens with two attached hydrogens (primary N) is 1. The maximum atomic E-state index is 15.5. The number of fused-ring (bicyclic) bond motifs is 3. The van der Waals surface area contributed by atoms with E-state index in [1.807, 2.05) is 27.5 Å². The van der Waals surface area contributed by atoms with Crippen molar-refractivity contribution in [1.82, 2.24) is 29.6 Å². The van der Waals surface area contributed by atoms with Gasteiger partial charge in [0, 0.05) is 46.5 Å². The number of piperidine rings is 1. The number of amides is 2. The number of benzene rings is 1. The summed E-state index contributed by atoms with van der Waals surface area (Å²) in [6, 6.07) is 9.08. The standard InChI is InChI=1S/C26H22FIN8O2/c1-2-20(37)35-12-13-9-17(35)18(10-13)36-24-21(23(29)32-26(28)33-24)22(34-36)15-7-6-14(11-16(15)27)25(38)31-19-5-3-4-8-30-19/h2-8,11,13,17-18H,1,9-10,12H2,(H2,29,32,33)(H,30,31,38)/t13-,17-,18+/m1/s1. The van der Waals surface area contributed by atoms with E-state index in [1.165, 1.54) is 18.2 Å². The van der Waals surface area contributed by atoms with Crippen LogP contribution in [0.3, 0.4) is 0 Å². The topological polar surface area (TPSA) is 132 Å². The van der Waals surface area contributed by atoms with Crippen LogP contribution in [0.15, 0.2) is 55.3 Å². The number of hydrogen-bond acceptors (Lipinski definition) is 7. The molecular formula is C26H22FIN8O2. The van der Waals surface area contributed by atoms with Crippen molar-refractivity contribution < 1.29 is 14.0 Å². The molecule has 3 atom stereocenters. The van der Waals surface area contributed by atoms with Crippen molar-refractivity contribution in [2.75, 3.05) is 17.6 Å². The molecule has 3 N–H and O–H groups in total. The number of halogens is 2. The smallest absolute Gasteiger partial charge is 0.256 e. The molecule has 6 rings (SSSR count). The summed E-state index contributed by atoms with van der Waals surface area (Å²) < 4.78 is 17.7. The van der Waals surface area contributed by atoms with Crippen LogP contribution in [0.2, 0.25) is 0 Å². The highest BCUT2D eigenvalue weighted by atomic mass is 127. The average Bonchev–Trinajstić information content (AvgIpc) is 3.61. The molecular weight excluding hydrogens is 602 g/mol. The maximum Gasteiger partial charge on any atom is 0.256 e. The third-order valence-corrected chi connectivity index (χ3v) is 7.65. The normalized spacial score (nSPS) is 20.2. The lowest BCUT2D eigenvalue weighted by Crippen LogP contribution is -2.42. The van der Waals surface area contributed by atoms with E-state index in [4.69, 9.17) is 10.8 Å². The van der Waals surface area contributed by atoms with Crippen molar-refractivity contribution in [1.29, 1.82) is 0 Å². The van der Waals surface area contributed by atoms with Gasteiger partial charge in [-0.3, -0.25) is 9.59 Å². The van der Waals surface area contributed by atoms with E-state index in [1.54, 1.807) is 29.1 Å². The molecule has 2 aliphatic rings. The van der Waals surface area contributed by atoms with Crippen LogP contribution in [0.25, 0.3) is 22.3 Å². The zero-order valence-electron chi connectivity index (χ0n) is 20.0. The molecule has 1 saturated carbocycles. The summed E-state index contributed by atoms with van der Waals surface area (Å²) in [5.74, 6) is -0.368. The Labute approximate surface area is 230 Å². The monoisotopic (exact) mass is 624 g/mol. The summed E-state index contributed by atoms with van der Waals surface area (Å²) in [4.78, 5) is 39.9. The fourth-order valence-electron chi connectivity index (χ4n) is 5.55. The van der Waals surface area contributed by atoms with Crippen LogP contribution >= 0.6 is 22.6 Å². The number of likely N-dealkylation sites (tertiary alicyclic amines) is 1. The molecule has 0 radical (unpaired) electrons. The summed E-state index contributed by atoms with van der Waals surface area (Å²) in [7, 11) is 0. The van der Waals surface area contributed by atoms with Gasteiger partial charge in [0.15, 0.2) is 9.48 Å². The third kappa shape index (κ3) is 4.08. The van der Waals surface area contributed by atoms with Gasteiger partial charge in [0.1, 0.15) is 23.1 Å². The van der Waals surface area contributed by atoms with E-state index < -0.39 is 11.7 Å². The second-order valence-electron chi connectivity index (χ2n) is 9.40. The number of carbonyl (C=O) groups is 2. The van der Waals surface area contributed by atoms with Crippen LogP contribution < -0.4 is 11.1 Å². The van der Waals surface area contributed by atoms with Crippen LogP contribution in [0.1, 0.15) is 29.2 Å². The maximum absolute atomic E-state index is 15.5. The first kappa shape index (κ1) is 24.4. The van der Waals surface area contributed by atoms with Crippen molar-refractivity contribution in [2.45, 2.75) is 24.9 Å². The molecule has 12 heteroatoms. The average molecular weight is 624 g/mol. The van der Waals surface area contributed by atoms with Crippen molar-refractivity contribution in [2.24, 2.45) is 5.92 Å². The van der Waals surface area contributed by atoms with Crippen LogP contribution in [-0.2, 0) is 4.79 Å². The molecule has 38 heavy (non-hydrogen) atoms. The number of pyridine rings is 1. The van der Waals surface area contributed by atoms with E-state index in [2.05, 4.69) is 26.8 Å². The highest BCUT2D eigenvalue weighted by molar-refractivity contribution is 14.1. The minimum atomic E-state index is -0.639. The van der Waals surface area contributed by atoms with Crippen LogP contribution in [0.4, 0.5) is 16.0 Å². The number of anilines is 2. The summed E-state index contributed by atoms with van der Waals surface area (Å²) in [5, 5.41) is 7.88. The predicted molar refractivity (Wildman–Crippen MR) is 147 cm³/mol. The van der Waals surface area contributed by atoms with E-state index in [0.717, 1.165) is 18.9 Å². The summed E-state index contributed by atoms with van der Waals surface area (Å²) in [5.41, 5.74) is 7.38. The molecule has 0 spiro atoms. The highest BCUT2D eigenvalue weighted by Gasteiger charge is 2.48. The SMILES string of the molecule is C=CC(=O)N1C[C@@H]2C[C@@H]1[C@@H](n1nc(-c3ccc(C(=O)Nc4ccccn4)cc3F)c3c(N)nc(I)nc31)C2. The lowest BCUT2D eigenvalue weighted by Gasteiger charge is -2.32. The molecule has 2 fully saturated rings. The number of nitrogens with one attached hydrogen (secondary N) is 1. The molecule has 0 unspecified atom stereocenters. The summed E-state index contributed by atoms with van der Waals surface area (Å²) in [6.07, 6.45) is 4.55. The fourth-order valence-corrected chi connectivity index (χ4v) is 6.04. The Kier molecular flexibility index (Phi) is 6.05. The van der Waals surface area contributed by atoms with Gasteiger partial charge in [-0.1, -0.05) is 12.6 Å². The number of carbonyl (C=O) groups excluding carboxylic acids is 2. The number of nitrogens with zero attached hydrogens (tertiary/aromatic N) is 6. The van der Waals surface area contributed by atoms with Gasteiger partial charge < -0.3 is 16.0 Å². The van der Waals surface area contributed by atoms with E-state index in [-0.39, 0.29) is 40.6 Å². The van der Waals surface area contributed by atoms with Gasteiger partial charge >= 0.3 is 0 Å². The molecule has 2 amide bonds. The van der Waals surface area contributed by atoms with E-state index in [0.29, 0.717) is 33.1 Å². The van der Waals surface area contributed by atoms with Gasteiger partial charge in [-0.25, -0.2) is 24.0 Å². The first-order chi connectivity index (χ1) is 18.3. The first-order valence-electron chi connectivity index (χ1n) is 12.0. The lowest BCUT2D eigenvalue weighted by molar-refractivity contribution is -0.128. The second kappa shape index (κ2) is 9.42. The van der Waals surface area contributed by atoms with Crippen LogP contribution in [-0.4, -0.2) is 54.0 Å². The van der Waals surface area contributed by atoms with Crippen molar-refractivity contribution in [3.05, 3.63) is 70.5 Å². The molecule has 1 aromatic carbocycles. The Hall–Kier alpha value is -3.94. The third-order valence-electron chi connectivity index (χ3n) is 7.17. The Morgan fingerprint density at radius 3 is 2.71 bits per heavy atom. The van der Waals surface area contributed by atoms with Crippen molar-refractivity contribution in [3.63, 3.8) is 0 Å². The number of rotatable bonds is 5. The molecule has 4 heterocycles. The molecule has 3 aromatic heterocycles. The molecule has 1 saturated heterocycles. The van der Waals surface area contributed by atoms with Crippen molar-refractivity contribution >= 4 is 57.1 Å². The van der Waals surface area contributed by atoms with Crippen molar-refractivity contribution in [3.8, 4) is 11.3 Å². The van der Waals surface area contributed by atoms with Gasteiger partial charge in [0.05, 0.1) is 17.5 Å². The Balaban J connectivity index is 1.41. The molecule has 10 nitrogen and oxygen atoms in total. The van der Waals surface area contributed by atoms with Gasteiger partial charge in [-0.2, -0.15) is 5.10 Å². The zero-order chi connectivity index (χ0) is 26.6. The Bertz CT molecular complexity index is 1610. The Morgan fingerprint density at radius 1 is 1.18 bits per heavy atom. The number of hydrogen-bond donors (Lipinski definition) is 2. The van der Waals surface area contributed by atoms with Crippen LogP contribution in [0, 0.1) is 15.6 Å². The largest absolute Gasteiger partial charge is 0.383 e. The van der Waals surface area contributed by atoms with Gasteiger partial charge in [0.2, 0.25) is 5.91 Å².